The van der Waals surface area contributed by atoms with Gasteiger partial charge in [0, 0.05) is 29.7 Å². The van der Waals surface area contributed by atoms with Crippen LogP contribution >= 0.6 is 15.9 Å². The summed E-state index contributed by atoms with van der Waals surface area (Å²) in [4.78, 5) is 26.5. The summed E-state index contributed by atoms with van der Waals surface area (Å²) < 4.78 is 0.812. The molecule has 1 aliphatic rings. The number of nitrogens with one attached hydrogen (secondary N) is 1. The number of piperidine rings is 1. The first-order valence-electron chi connectivity index (χ1n) is 8.71. The van der Waals surface area contributed by atoms with Crippen LogP contribution in [0.4, 0.5) is 0 Å². The molecule has 5 heteroatoms. The molecule has 0 unspecified atom stereocenters. The maximum Gasteiger partial charge on any atom is 0.254 e. The average molecular weight is 413 g/mol. The molecule has 2 aromatic carbocycles. The fourth-order valence-corrected chi connectivity index (χ4v) is 3.47. The van der Waals surface area contributed by atoms with E-state index < -0.39 is 0 Å². The predicted molar refractivity (Wildman–Crippen MR) is 107 cm³/mol. The maximum atomic E-state index is 12.6. The Morgan fingerprint density at radius 2 is 1.65 bits per heavy atom. The Morgan fingerprint density at radius 3 is 2.35 bits per heavy atom. The molecule has 0 aromatic heterocycles. The van der Waals surface area contributed by atoms with Crippen LogP contribution in [0, 0.1) is 0 Å². The number of benzene rings is 2. The summed E-state index contributed by atoms with van der Waals surface area (Å²) in [5, 5.41) is 3.03. The highest BCUT2D eigenvalue weighted by Crippen LogP contribution is 2.20. The topological polar surface area (TPSA) is 49.4 Å². The van der Waals surface area contributed by atoms with Gasteiger partial charge in [-0.25, -0.2) is 0 Å². The molecule has 1 N–H and O–H groups in total. The van der Waals surface area contributed by atoms with Gasteiger partial charge in [-0.05, 0) is 52.5 Å². The Morgan fingerprint density at radius 1 is 1.00 bits per heavy atom. The number of rotatable bonds is 4. The summed E-state index contributed by atoms with van der Waals surface area (Å²) in [6, 6.07) is 17.3. The Kier molecular flexibility index (Phi) is 6.23. The van der Waals surface area contributed by atoms with Crippen molar-refractivity contribution in [2.24, 2.45) is 0 Å². The van der Waals surface area contributed by atoms with Crippen molar-refractivity contribution in [3.05, 3.63) is 76.3 Å². The second-order valence-corrected chi connectivity index (χ2v) is 7.15. The van der Waals surface area contributed by atoms with Gasteiger partial charge in [-0.1, -0.05) is 42.5 Å². The molecule has 134 valence electrons. The van der Waals surface area contributed by atoms with Gasteiger partial charge in [-0.2, -0.15) is 0 Å². The van der Waals surface area contributed by atoms with Crippen molar-refractivity contribution in [3.8, 4) is 0 Å². The van der Waals surface area contributed by atoms with Gasteiger partial charge >= 0.3 is 0 Å². The number of carbonyl (C=O) groups is 2. The number of hydrogen-bond acceptors (Lipinski definition) is 2. The molecule has 2 aromatic rings. The van der Waals surface area contributed by atoms with Gasteiger partial charge in [-0.15, -0.1) is 0 Å². The van der Waals surface area contributed by atoms with Crippen molar-refractivity contribution in [1.82, 2.24) is 10.2 Å². The van der Waals surface area contributed by atoms with Crippen LogP contribution in [0.1, 0.15) is 28.8 Å². The van der Waals surface area contributed by atoms with Gasteiger partial charge < -0.3 is 10.2 Å². The van der Waals surface area contributed by atoms with Gasteiger partial charge in [-0.3, -0.25) is 9.59 Å². The van der Waals surface area contributed by atoms with E-state index >= 15 is 0 Å². The summed E-state index contributed by atoms with van der Waals surface area (Å²) in [5.74, 6) is -0.0596. The van der Waals surface area contributed by atoms with Crippen LogP contribution in [0.2, 0.25) is 0 Å². The standard InChI is InChI=1S/C21H21BrN2O2/c22-19-9-5-4-8-18(19)21(26)24-14-12-17(13-15-24)23-20(25)11-10-16-6-2-1-3-7-16/h1-11,17H,12-15H2,(H,23,25)/b11-10+. The average Bonchev–Trinajstić information content (AvgIpc) is 2.68. The van der Waals surface area contributed by atoms with Gasteiger partial charge in [0.15, 0.2) is 0 Å². The molecule has 1 fully saturated rings. The molecule has 0 spiro atoms. The van der Waals surface area contributed by atoms with E-state index in [0.29, 0.717) is 18.7 Å². The van der Waals surface area contributed by atoms with Crippen LogP contribution in [0.25, 0.3) is 6.08 Å². The van der Waals surface area contributed by atoms with Crippen LogP contribution in [0.3, 0.4) is 0 Å². The van der Waals surface area contributed by atoms with E-state index in [9.17, 15) is 9.59 Å². The van der Waals surface area contributed by atoms with Gasteiger partial charge in [0.2, 0.25) is 5.91 Å². The number of hydrogen-bond donors (Lipinski definition) is 1. The maximum absolute atomic E-state index is 12.6. The van der Waals surface area contributed by atoms with Crippen molar-refractivity contribution in [3.63, 3.8) is 0 Å². The second-order valence-electron chi connectivity index (χ2n) is 6.30. The Balaban J connectivity index is 1.49. The number of amides is 2. The predicted octanol–water partition coefficient (Wildman–Crippen LogP) is 3.88. The van der Waals surface area contributed by atoms with Crippen LogP contribution in [-0.2, 0) is 4.79 Å². The lowest BCUT2D eigenvalue weighted by molar-refractivity contribution is -0.117. The lowest BCUT2D eigenvalue weighted by Crippen LogP contribution is -2.46. The zero-order chi connectivity index (χ0) is 18.4. The molecule has 0 bridgehead atoms. The van der Waals surface area contributed by atoms with Crippen molar-refractivity contribution in [2.45, 2.75) is 18.9 Å². The highest BCUT2D eigenvalue weighted by molar-refractivity contribution is 9.10. The Bertz CT molecular complexity index is 797. The molecular weight excluding hydrogens is 392 g/mol. The van der Waals surface area contributed by atoms with E-state index in [1.54, 1.807) is 12.2 Å². The zero-order valence-electron chi connectivity index (χ0n) is 14.4. The van der Waals surface area contributed by atoms with Gasteiger partial charge in [0.25, 0.3) is 5.91 Å². The molecule has 0 saturated carbocycles. The minimum absolute atomic E-state index is 0.0335. The molecule has 26 heavy (non-hydrogen) atoms. The fraction of sp³-hybridized carbons (Fsp3) is 0.238. The summed E-state index contributed by atoms with van der Waals surface area (Å²) in [7, 11) is 0. The van der Waals surface area contributed by atoms with Crippen LogP contribution < -0.4 is 5.32 Å². The lowest BCUT2D eigenvalue weighted by Gasteiger charge is -2.32. The third-order valence-corrected chi connectivity index (χ3v) is 5.15. The normalized spacial score (nSPS) is 15.2. The SMILES string of the molecule is O=C(/C=C/c1ccccc1)NC1CCN(C(=O)c2ccccc2Br)CC1. The lowest BCUT2D eigenvalue weighted by atomic mass is 10.0. The van der Waals surface area contributed by atoms with Crippen molar-refractivity contribution in [1.29, 1.82) is 0 Å². The zero-order valence-corrected chi connectivity index (χ0v) is 16.0. The second kappa shape index (κ2) is 8.81. The van der Waals surface area contributed by atoms with Crippen LogP contribution in [0.5, 0.6) is 0 Å². The third-order valence-electron chi connectivity index (χ3n) is 4.46. The first kappa shape index (κ1) is 18.4. The molecule has 4 nitrogen and oxygen atoms in total. The quantitative estimate of drug-likeness (QED) is 0.774. The molecule has 2 amide bonds. The highest BCUT2D eigenvalue weighted by atomic mass is 79.9. The number of carbonyl (C=O) groups excluding carboxylic acids is 2. The van der Waals surface area contributed by atoms with Crippen LogP contribution in [-0.4, -0.2) is 35.8 Å². The van der Waals surface area contributed by atoms with Gasteiger partial charge in [0.1, 0.15) is 0 Å². The fourth-order valence-electron chi connectivity index (χ4n) is 3.02. The first-order valence-corrected chi connectivity index (χ1v) is 9.50. The molecule has 1 saturated heterocycles. The molecule has 3 rings (SSSR count). The van der Waals surface area contributed by atoms with Gasteiger partial charge in [0.05, 0.1) is 5.56 Å². The third kappa shape index (κ3) is 4.82. The van der Waals surface area contributed by atoms with E-state index in [1.807, 2.05) is 59.5 Å². The Labute approximate surface area is 162 Å². The van der Waals surface area contributed by atoms with E-state index in [2.05, 4.69) is 21.2 Å². The minimum Gasteiger partial charge on any atom is -0.350 e. The highest BCUT2D eigenvalue weighted by Gasteiger charge is 2.25. The monoisotopic (exact) mass is 412 g/mol. The van der Waals surface area contributed by atoms with E-state index in [1.165, 1.54) is 0 Å². The van der Waals surface area contributed by atoms with E-state index in [0.717, 1.165) is 22.9 Å². The summed E-state index contributed by atoms with van der Waals surface area (Å²) in [6.45, 7) is 1.29. The minimum atomic E-state index is -0.0931. The molecule has 1 heterocycles. The van der Waals surface area contributed by atoms with E-state index in [-0.39, 0.29) is 17.9 Å². The molecule has 1 aliphatic heterocycles. The van der Waals surface area contributed by atoms with Crippen molar-refractivity contribution >= 4 is 33.8 Å². The van der Waals surface area contributed by atoms with Crippen LogP contribution in [0.15, 0.2) is 65.1 Å². The molecule has 0 aliphatic carbocycles. The number of halogens is 1. The summed E-state index contributed by atoms with van der Waals surface area (Å²) in [5.41, 5.74) is 1.68. The largest absolute Gasteiger partial charge is 0.350 e. The molecular formula is C21H21BrN2O2. The first-order chi connectivity index (χ1) is 12.6. The number of nitrogens with zero attached hydrogens (tertiary/aromatic N) is 1. The van der Waals surface area contributed by atoms with E-state index in [4.69, 9.17) is 0 Å². The summed E-state index contributed by atoms with van der Waals surface area (Å²) in [6.07, 6.45) is 4.90. The number of likely N-dealkylation sites (tertiary alicyclic amines) is 1. The Hall–Kier alpha value is -2.40. The summed E-state index contributed by atoms with van der Waals surface area (Å²) >= 11 is 3.43. The van der Waals surface area contributed by atoms with Crippen molar-refractivity contribution < 1.29 is 9.59 Å². The molecule has 0 atom stereocenters. The van der Waals surface area contributed by atoms with Crippen molar-refractivity contribution in [2.75, 3.05) is 13.1 Å². The smallest absolute Gasteiger partial charge is 0.254 e. The molecule has 0 radical (unpaired) electrons.